The summed E-state index contributed by atoms with van der Waals surface area (Å²) in [5.41, 5.74) is 0.0789. The van der Waals surface area contributed by atoms with Gasteiger partial charge in [-0.05, 0) is 18.6 Å². The normalized spacial score (nSPS) is 14.4. The Kier molecular flexibility index (Phi) is 4.89. The van der Waals surface area contributed by atoms with Crippen LogP contribution in [0.15, 0.2) is 24.4 Å². The molecule has 0 unspecified atom stereocenters. The van der Waals surface area contributed by atoms with E-state index in [9.17, 15) is 4.79 Å². The molecule has 0 saturated carbocycles. The predicted molar refractivity (Wildman–Crippen MR) is 63.6 cm³/mol. The Morgan fingerprint density at radius 1 is 1.62 bits per heavy atom. The van der Waals surface area contributed by atoms with Crippen molar-refractivity contribution in [1.82, 2.24) is 4.98 Å². The SMILES string of the molecule is CO[C@@](CBr)(CCC(=O)O)c1ccccn1. The second kappa shape index (κ2) is 5.96. The summed E-state index contributed by atoms with van der Waals surface area (Å²) in [6, 6.07) is 5.52. The summed E-state index contributed by atoms with van der Waals surface area (Å²) < 4.78 is 5.45. The molecule has 0 saturated heterocycles. The number of aliphatic carboxylic acids is 1. The number of carbonyl (C=O) groups is 1. The number of nitrogens with zero attached hydrogens (tertiary/aromatic N) is 1. The summed E-state index contributed by atoms with van der Waals surface area (Å²) in [7, 11) is 1.57. The molecule has 0 aliphatic heterocycles. The molecule has 0 spiro atoms. The van der Waals surface area contributed by atoms with Gasteiger partial charge in [0.05, 0.1) is 5.69 Å². The number of rotatable bonds is 6. The lowest BCUT2D eigenvalue weighted by Crippen LogP contribution is -2.32. The Hall–Kier alpha value is -0.940. The molecule has 4 nitrogen and oxygen atoms in total. The maximum atomic E-state index is 10.6. The average Bonchev–Trinajstić information content (AvgIpc) is 2.32. The van der Waals surface area contributed by atoms with Gasteiger partial charge in [-0.15, -0.1) is 0 Å². The maximum absolute atomic E-state index is 10.6. The van der Waals surface area contributed by atoms with E-state index in [4.69, 9.17) is 9.84 Å². The van der Waals surface area contributed by atoms with Gasteiger partial charge in [0, 0.05) is 25.1 Å². The first-order valence-electron chi connectivity index (χ1n) is 4.89. The summed E-state index contributed by atoms with van der Waals surface area (Å²) in [6.07, 6.45) is 2.11. The van der Waals surface area contributed by atoms with Crippen LogP contribution in [0.3, 0.4) is 0 Å². The van der Waals surface area contributed by atoms with Crippen LogP contribution in [0, 0.1) is 0 Å². The summed E-state index contributed by atoms with van der Waals surface area (Å²) in [5, 5.41) is 9.24. The molecule has 0 aliphatic rings. The molecular weight excluding hydrogens is 274 g/mol. The van der Waals surface area contributed by atoms with Crippen LogP contribution in [0.25, 0.3) is 0 Å². The number of hydrogen-bond acceptors (Lipinski definition) is 3. The van der Waals surface area contributed by atoms with Gasteiger partial charge in [-0.25, -0.2) is 0 Å². The lowest BCUT2D eigenvalue weighted by molar-refractivity contribution is -0.138. The third-order valence-corrected chi connectivity index (χ3v) is 3.39. The Bertz CT molecular complexity index is 338. The Morgan fingerprint density at radius 2 is 2.38 bits per heavy atom. The van der Waals surface area contributed by atoms with Crippen LogP contribution < -0.4 is 0 Å². The van der Waals surface area contributed by atoms with E-state index in [0.29, 0.717) is 11.8 Å². The fourth-order valence-electron chi connectivity index (χ4n) is 1.47. The van der Waals surface area contributed by atoms with Crippen LogP contribution in [0.1, 0.15) is 18.5 Å². The molecule has 0 fully saturated rings. The van der Waals surface area contributed by atoms with E-state index in [1.165, 1.54) is 0 Å². The van der Waals surface area contributed by atoms with Gasteiger partial charge in [0.15, 0.2) is 0 Å². The molecule has 16 heavy (non-hydrogen) atoms. The highest BCUT2D eigenvalue weighted by Gasteiger charge is 2.32. The van der Waals surface area contributed by atoms with Gasteiger partial charge in [0.25, 0.3) is 0 Å². The van der Waals surface area contributed by atoms with Gasteiger partial charge in [-0.3, -0.25) is 9.78 Å². The van der Waals surface area contributed by atoms with E-state index in [-0.39, 0.29) is 6.42 Å². The highest BCUT2D eigenvalue weighted by atomic mass is 79.9. The van der Waals surface area contributed by atoms with E-state index >= 15 is 0 Å². The number of methoxy groups -OCH3 is 1. The van der Waals surface area contributed by atoms with E-state index in [2.05, 4.69) is 20.9 Å². The average molecular weight is 288 g/mol. The second-order valence-corrected chi connectivity index (χ2v) is 4.00. The van der Waals surface area contributed by atoms with Crippen molar-refractivity contribution in [2.75, 3.05) is 12.4 Å². The lowest BCUT2D eigenvalue weighted by Gasteiger charge is -2.29. The smallest absolute Gasteiger partial charge is 0.303 e. The van der Waals surface area contributed by atoms with Crippen LogP contribution in [0.4, 0.5) is 0 Å². The first-order chi connectivity index (χ1) is 7.64. The van der Waals surface area contributed by atoms with Gasteiger partial charge in [-0.2, -0.15) is 0 Å². The molecule has 1 heterocycles. The minimum Gasteiger partial charge on any atom is -0.481 e. The molecule has 1 aromatic rings. The van der Waals surface area contributed by atoms with Crippen molar-refractivity contribution < 1.29 is 14.6 Å². The monoisotopic (exact) mass is 287 g/mol. The van der Waals surface area contributed by atoms with Crippen LogP contribution >= 0.6 is 15.9 Å². The van der Waals surface area contributed by atoms with Crippen LogP contribution in [0.2, 0.25) is 0 Å². The molecule has 1 N–H and O–H groups in total. The van der Waals surface area contributed by atoms with E-state index in [1.54, 1.807) is 13.3 Å². The standard InChI is InChI=1S/C11H14BrNO3/c1-16-11(8-12,6-5-10(14)15)9-4-2-3-7-13-9/h2-4,7H,5-6,8H2,1H3,(H,14,15)/t11-/m1/s1. The number of alkyl halides is 1. The van der Waals surface area contributed by atoms with Crippen LogP contribution in [0.5, 0.6) is 0 Å². The molecule has 0 radical (unpaired) electrons. The van der Waals surface area contributed by atoms with Crippen molar-refractivity contribution in [3.05, 3.63) is 30.1 Å². The molecule has 0 aliphatic carbocycles. The van der Waals surface area contributed by atoms with Crippen molar-refractivity contribution in [3.8, 4) is 0 Å². The Morgan fingerprint density at radius 3 is 2.81 bits per heavy atom. The van der Waals surface area contributed by atoms with E-state index < -0.39 is 11.6 Å². The molecular formula is C11H14BrNO3. The molecule has 88 valence electrons. The zero-order chi connectivity index (χ0) is 12.0. The molecule has 5 heteroatoms. The third kappa shape index (κ3) is 3.02. The van der Waals surface area contributed by atoms with Gasteiger partial charge in [0.1, 0.15) is 5.60 Å². The molecule has 1 aromatic heterocycles. The quantitative estimate of drug-likeness (QED) is 0.815. The van der Waals surface area contributed by atoms with Crippen molar-refractivity contribution in [1.29, 1.82) is 0 Å². The minimum absolute atomic E-state index is 0.0516. The topological polar surface area (TPSA) is 59.4 Å². The van der Waals surface area contributed by atoms with Crippen molar-refractivity contribution in [2.45, 2.75) is 18.4 Å². The number of aromatic nitrogens is 1. The second-order valence-electron chi connectivity index (χ2n) is 3.44. The number of pyridine rings is 1. The summed E-state index contributed by atoms with van der Waals surface area (Å²) in [4.78, 5) is 14.8. The molecule has 0 aromatic carbocycles. The maximum Gasteiger partial charge on any atom is 0.303 e. The van der Waals surface area contributed by atoms with Crippen molar-refractivity contribution in [2.24, 2.45) is 0 Å². The number of ether oxygens (including phenoxy) is 1. The molecule has 0 amide bonds. The number of carboxylic acid groups (broad SMARTS) is 1. The number of carboxylic acids is 1. The van der Waals surface area contributed by atoms with Gasteiger partial charge in [0.2, 0.25) is 0 Å². The molecule has 1 rings (SSSR count). The summed E-state index contributed by atoms with van der Waals surface area (Å²) >= 11 is 3.36. The van der Waals surface area contributed by atoms with Crippen molar-refractivity contribution in [3.63, 3.8) is 0 Å². The largest absolute Gasteiger partial charge is 0.481 e. The highest BCUT2D eigenvalue weighted by Crippen LogP contribution is 2.30. The fourth-order valence-corrected chi connectivity index (χ4v) is 2.26. The number of halogens is 1. The molecule has 0 bridgehead atoms. The first kappa shape index (κ1) is 13.1. The fraction of sp³-hybridized carbons (Fsp3) is 0.455. The van der Waals surface area contributed by atoms with E-state index in [0.717, 1.165) is 5.69 Å². The molecule has 1 atom stereocenters. The van der Waals surface area contributed by atoms with E-state index in [1.807, 2.05) is 18.2 Å². The van der Waals surface area contributed by atoms with Crippen molar-refractivity contribution >= 4 is 21.9 Å². The Labute approximate surface area is 103 Å². The highest BCUT2D eigenvalue weighted by molar-refractivity contribution is 9.09. The Balaban J connectivity index is 2.92. The van der Waals surface area contributed by atoms with Gasteiger partial charge in [-0.1, -0.05) is 22.0 Å². The lowest BCUT2D eigenvalue weighted by atomic mass is 9.95. The minimum atomic E-state index is -0.835. The zero-order valence-electron chi connectivity index (χ0n) is 9.02. The van der Waals surface area contributed by atoms with Gasteiger partial charge < -0.3 is 9.84 Å². The van der Waals surface area contributed by atoms with Gasteiger partial charge >= 0.3 is 5.97 Å². The van der Waals surface area contributed by atoms with Crippen LogP contribution in [-0.4, -0.2) is 28.5 Å². The van der Waals surface area contributed by atoms with Crippen LogP contribution in [-0.2, 0) is 15.1 Å². The zero-order valence-corrected chi connectivity index (χ0v) is 10.6. The summed E-state index contributed by atoms with van der Waals surface area (Å²) in [5.74, 6) is -0.835. The number of hydrogen-bond donors (Lipinski definition) is 1. The summed E-state index contributed by atoms with van der Waals surface area (Å²) in [6.45, 7) is 0. The predicted octanol–water partition coefficient (Wildman–Crippen LogP) is 2.18. The first-order valence-corrected chi connectivity index (χ1v) is 6.01. The third-order valence-electron chi connectivity index (χ3n) is 2.48.